The number of aromatic nitrogens is 3. The number of thioether (sulfide) groups is 1. The number of H-pyrrole nitrogens is 1. The number of pyridine rings is 1. The highest BCUT2D eigenvalue weighted by Crippen LogP contribution is 2.27. The van der Waals surface area contributed by atoms with Crippen LogP contribution in [-0.2, 0) is 11.5 Å². The summed E-state index contributed by atoms with van der Waals surface area (Å²) in [4.78, 5) is 23.0. The normalized spacial score (nSPS) is 13.7. The zero-order valence-electron chi connectivity index (χ0n) is 8.74. The van der Waals surface area contributed by atoms with Gasteiger partial charge in [-0.15, -0.1) is 0 Å². The fraction of sp³-hybridized carbons (Fsp3) is 0.182. The molecular formula is C11H8ClN3OS. The predicted molar refractivity (Wildman–Crippen MR) is 68.1 cm³/mol. The summed E-state index contributed by atoms with van der Waals surface area (Å²) in [6.45, 7) is 0. The van der Waals surface area contributed by atoms with E-state index in [0.29, 0.717) is 11.0 Å². The summed E-state index contributed by atoms with van der Waals surface area (Å²) in [5.41, 5.74) is 2.39. The molecule has 0 aromatic carbocycles. The minimum Gasteiger partial charge on any atom is -0.306 e. The first-order valence-corrected chi connectivity index (χ1v) is 6.59. The van der Waals surface area contributed by atoms with Crippen molar-refractivity contribution in [3.8, 4) is 11.4 Å². The average Bonchev–Trinajstić information content (AvgIpc) is 2.77. The topological polar surface area (TPSA) is 58.6 Å². The highest BCUT2D eigenvalue weighted by atomic mass is 35.5. The maximum Gasteiger partial charge on any atom is 0.255 e. The molecule has 0 spiro atoms. The standard InChI is InChI=1S/C11H8ClN3OS/c12-9-3-6(1-2-13-9)10-14-8-5-17-4-7(8)11(16)15-10/h1-3H,4-5H2,(H,14,15,16). The molecule has 3 heterocycles. The molecule has 1 aliphatic rings. The van der Waals surface area contributed by atoms with Crippen molar-refractivity contribution < 1.29 is 0 Å². The molecule has 0 aliphatic carbocycles. The van der Waals surface area contributed by atoms with Crippen LogP contribution in [0.25, 0.3) is 11.4 Å². The Morgan fingerprint density at radius 1 is 1.41 bits per heavy atom. The summed E-state index contributed by atoms with van der Waals surface area (Å²) in [6.07, 6.45) is 1.60. The summed E-state index contributed by atoms with van der Waals surface area (Å²) in [5.74, 6) is 2.10. The number of rotatable bonds is 1. The quantitative estimate of drug-likeness (QED) is 0.804. The second-order valence-electron chi connectivity index (χ2n) is 3.70. The molecule has 1 aliphatic heterocycles. The first-order chi connectivity index (χ1) is 8.24. The smallest absolute Gasteiger partial charge is 0.255 e. The van der Waals surface area contributed by atoms with E-state index in [2.05, 4.69) is 15.0 Å². The Morgan fingerprint density at radius 2 is 2.29 bits per heavy atom. The zero-order valence-corrected chi connectivity index (χ0v) is 10.3. The molecule has 0 radical (unpaired) electrons. The summed E-state index contributed by atoms with van der Waals surface area (Å²) in [6, 6.07) is 3.47. The number of aromatic amines is 1. The summed E-state index contributed by atoms with van der Waals surface area (Å²) < 4.78 is 0. The molecule has 2 aromatic rings. The van der Waals surface area contributed by atoms with Crippen molar-refractivity contribution in [3.63, 3.8) is 0 Å². The lowest BCUT2D eigenvalue weighted by Gasteiger charge is -2.03. The van der Waals surface area contributed by atoms with Crippen LogP contribution in [0.15, 0.2) is 23.1 Å². The van der Waals surface area contributed by atoms with Crippen molar-refractivity contribution in [1.82, 2.24) is 15.0 Å². The average molecular weight is 266 g/mol. The van der Waals surface area contributed by atoms with Gasteiger partial charge in [0.05, 0.1) is 5.69 Å². The number of hydrogen-bond acceptors (Lipinski definition) is 4. The van der Waals surface area contributed by atoms with Gasteiger partial charge in [-0.1, -0.05) is 11.6 Å². The lowest BCUT2D eigenvalue weighted by Crippen LogP contribution is -2.15. The van der Waals surface area contributed by atoms with E-state index in [1.54, 1.807) is 30.1 Å². The van der Waals surface area contributed by atoms with Crippen LogP contribution in [-0.4, -0.2) is 15.0 Å². The highest BCUT2D eigenvalue weighted by molar-refractivity contribution is 7.98. The third kappa shape index (κ3) is 1.96. The molecule has 17 heavy (non-hydrogen) atoms. The van der Waals surface area contributed by atoms with Gasteiger partial charge in [0, 0.05) is 28.8 Å². The Labute approximate surface area is 106 Å². The van der Waals surface area contributed by atoms with Gasteiger partial charge in [-0.2, -0.15) is 11.8 Å². The minimum atomic E-state index is -0.0528. The van der Waals surface area contributed by atoms with Crippen LogP contribution in [0.5, 0.6) is 0 Å². The summed E-state index contributed by atoms with van der Waals surface area (Å²) >= 11 is 7.52. The number of halogens is 1. The van der Waals surface area contributed by atoms with E-state index in [-0.39, 0.29) is 5.56 Å². The van der Waals surface area contributed by atoms with Crippen LogP contribution in [0.4, 0.5) is 0 Å². The molecule has 0 amide bonds. The first-order valence-electron chi connectivity index (χ1n) is 5.06. The van der Waals surface area contributed by atoms with Gasteiger partial charge in [0.15, 0.2) is 0 Å². The van der Waals surface area contributed by atoms with E-state index in [0.717, 1.165) is 28.3 Å². The van der Waals surface area contributed by atoms with Crippen LogP contribution in [0.1, 0.15) is 11.3 Å². The molecule has 6 heteroatoms. The Hall–Kier alpha value is -1.33. The third-order valence-corrected chi connectivity index (χ3v) is 3.76. The van der Waals surface area contributed by atoms with Crippen molar-refractivity contribution in [2.75, 3.05) is 0 Å². The SMILES string of the molecule is O=c1[nH]c(-c2ccnc(Cl)c2)nc2c1CSC2. The zero-order chi connectivity index (χ0) is 11.8. The van der Waals surface area contributed by atoms with Crippen LogP contribution >= 0.6 is 23.4 Å². The molecule has 0 fully saturated rings. The molecular weight excluding hydrogens is 258 g/mol. The molecule has 0 unspecified atom stereocenters. The molecule has 0 saturated heterocycles. The van der Waals surface area contributed by atoms with E-state index >= 15 is 0 Å². The van der Waals surface area contributed by atoms with Crippen molar-refractivity contribution in [3.05, 3.63) is 45.1 Å². The van der Waals surface area contributed by atoms with Crippen molar-refractivity contribution >= 4 is 23.4 Å². The molecule has 0 bridgehead atoms. The lowest BCUT2D eigenvalue weighted by atomic mass is 10.2. The Morgan fingerprint density at radius 3 is 3.12 bits per heavy atom. The number of hydrogen-bond donors (Lipinski definition) is 1. The molecule has 0 saturated carbocycles. The van der Waals surface area contributed by atoms with Crippen LogP contribution in [0.2, 0.25) is 5.15 Å². The van der Waals surface area contributed by atoms with Gasteiger partial charge in [0.1, 0.15) is 11.0 Å². The first kappa shape index (κ1) is 10.8. The second kappa shape index (κ2) is 4.16. The fourth-order valence-corrected chi connectivity index (χ4v) is 2.96. The van der Waals surface area contributed by atoms with Gasteiger partial charge in [-0.3, -0.25) is 4.79 Å². The van der Waals surface area contributed by atoms with E-state index in [1.165, 1.54) is 0 Å². The predicted octanol–water partition coefficient (Wildman–Crippen LogP) is 2.23. The van der Waals surface area contributed by atoms with E-state index in [4.69, 9.17) is 11.6 Å². The second-order valence-corrected chi connectivity index (χ2v) is 5.07. The van der Waals surface area contributed by atoms with E-state index < -0.39 is 0 Å². The van der Waals surface area contributed by atoms with E-state index in [9.17, 15) is 4.79 Å². The highest BCUT2D eigenvalue weighted by Gasteiger charge is 2.18. The number of nitrogens with one attached hydrogen (secondary N) is 1. The Balaban J connectivity index is 2.16. The van der Waals surface area contributed by atoms with Crippen LogP contribution in [0, 0.1) is 0 Å². The minimum absolute atomic E-state index is 0.0528. The largest absolute Gasteiger partial charge is 0.306 e. The molecule has 3 rings (SSSR count). The molecule has 86 valence electrons. The van der Waals surface area contributed by atoms with Gasteiger partial charge in [0.2, 0.25) is 0 Å². The van der Waals surface area contributed by atoms with Crippen molar-refractivity contribution in [2.24, 2.45) is 0 Å². The summed E-state index contributed by atoms with van der Waals surface area (Å²) in [7, 11) is 0. The van der Waals surface area contributed by atoms with Gasteiger partial charge in [-0.25, -0.2) is 9.97 Å². The van der Waals surface area contributed by atoms with Crippen molar-refractivity contribution in [1.29, 1.82) is 0 Å². The molecule has 0 atom stereocenters. The third-order valence-electron chi connectivity index (χ3n) is 2.59. The van der Waals surface area contributed by atoms with Crippen LogP contribution < -0.4 is 5.56 Å². The van der Waals surface area contributed by atoms with Gasteiger partial charge in [0.25, 0.3) is 5.56 Å². The monoisotopic (exact) mass is 265 g/mol. The van der Waals surface area contributed by atoms with E-state index in [1.807, 2.05) is 0 Å². The summed E-state index contributed by atoms with van der Waals surface area (Å²) in [5, 5.41) is 0.389. The van der Waals surface area contributed by atoms with Gasteiger partial charge < -0.3 is 4.98 Å². The maximum atomic E-state index is 11.8. The van der Waals surface area contributed by atoms with Gasteiger partial charge in [-0.05, 0) is 12.1 Å². The Kier molecular flexibility index (Phi) is 2.64. The Bertz CT molecular complexity index is 641. The molecule has 4 nitrogen and oxygen atoms in total. The van der Waals surface area contributed by atoms with Gasteiger partial charge >= 0.3 is 0 Å². The number of nitrogens with zero attached hydrogens (tertiary/aromatic N) is 2. The number of fused-ring (bicyclic) bond motifs is 1. The van der Waals surface area contributed by atoms with Crippen molar-refractivity contribution in [2.45, 2.75) is 11.5 Å². The molecule has 1 N–H and O–H groups in total. The fourth-order valence-electron chi connectivity index (χ4n) is 1.75. The molecule has 2 aromatic heterocycles. The lowest BCUT2D eigenvalue weighted by molar-refractivity contribution is 1.03. The van der Waals surface area contributed by atoms with Crippen LogP contribution in [0.3, 0.4) is 0 Å². The maximum absolute atomic E-state index is 11.8.